The van der Waals surface area contributed by atoms with Gasteiger partial charge in [0.2, 0.25) is 0 Å². The molecule has 1 fully saturated rings. The summed E-state index contributed by atoms with van der Waals surface area (Å²) >= 11 is 0. The van der Waals surface area contributed by atoms with Gasteiger partial charge in [0.25, 0.3) is 0 Å². The number of benzene rings is 1. The summed E-state index contributed by atoms with van der Waals surface area (Å²) in [6.45, 7) is 6.30. The third-order valence-corrected chi connectivity index (χ3v) is 4.31. The molecule has 1 aromatic rings. The lowest BCUT2D eigenvalue weighted by Gasteiger charge is -2.34. The van der Waals surface area contributed by atoms with Gasteiger partial charge in [-0.1, -0.05) is 0 Å². The van der Waals surface area contributed by atoms with E-state index >= 15 is 0 Å². The predicted molar refractivity (Wildman–Crippen MR) is 92.7 cm³/mol. The van der Waals surface area contributed by atoms with Crippen LogP contribution in [0.25, 0.3) is 0 Å². The Labute approximate surface area is 142 Å². The van der Waals surface area contributed by atoms with E-state index in [9.17, 15) is 14.3 Å². The Morgan fingerprint density at radius 1 is 1.38 bits per heavy atom. The van der Waals surface area contributed by atoms with Crippen molar-refractivity contribution in [3.05, 3.63) is 29.6 Å². The number of hydrogen-bond donors (Lipinski definition) is 2. The molecular weight excluding hydrogens is 311 g/mol. The summed E-state index contributed by atoms with van der Waals surface area (Å²) in [5.41, 5.74) is 1.02. The van der Waals surface area contributed by atoms with Gasteiger partial charge in [-0.05, 0) is 37.7 Å². The number of urea groups is 1. The first-order chi connectivity index (χ1) is 11.3. The van der Waals surface area contributed by atoms with Crippen LogP contribution in [0.15, 0.2) is 18.2 Å². The molecule has 1 aliphatic rings. The minimum Gasteiger partial charge on any atom is -0.390 e. The summed E-state index contributed by atoms with van der Waals surface area (Å²) in [6.07, 6.45) is -0.598. The van der Waals surface area contributed by atoms with Crippen molar-refractivity contribution in [1.82, 2.24) is 14.7 Å². The van der Waals surface area contributed by atoms with Crippen LogP contribution < -0.4 is 5.32 Å². The van der Waals surface area contributed by atoms with Gasteiger partial charge in [-0.25, -0.2) is 9.18 Å². The molecule has 0 unspecified atom stereocenters. The molecule has 1 atom stereocenters. The number of halogens is 1. The van der Waals surface area contributed by atoms with Gasteiger partial charge in [0.15, 0.2) is 0 Å². The molecule has 1 aromatic carbocycles. The van der Waals surface area contributed by atoms with E-state index in [2.05, 4.69) is 22.2 Å². The predicted octanol–water partition coefficient (Wildman–Crippen LogP) is 1.21. The number of rotatable bonds is 5. The van der Waals surface area contributed by atoms with E-state index in [-0.39, 0.29) is 18.4 Å². The first kappa shape index (κ1) is 18.6. The Morgan fingerprint density at radius 2 is 2.04 bits per heavy atom. The first-order valence-corrected chi connectivity index (χ1v) is 8.22. The molecule has 0 aromatic heterocycles. The van der Waals surface area contributed by atoms with Crippen molar-refractivity contribution in [3.8, 4) is 0 Å². The average Bonchev–Trinajstić information content (AvgIpc) is 2.53. The molecule has 1 saturated heterocycles. The van der Waals surface area contributed by atoms with Gasteiger partial charge in [0.1, 0.15) is 5.82 Å². The summed E-state index contributed by atoms with van der Waals surface area (Å²) in [4.78, 5) is 18.1. The van der Waals surface area contributed by atoms with Gasteiger partial charge in [-0.2, -0.15) is 0 Å². The summed E-state index contributed by atoms with van der Waals surface area (Å²) in [5, 5.41) is 12.9. The molecule has 7 heteroatoms. The van der Waals surface area contributed by atoms with Crippen molar-refractivity contribution in [3.63, 3.8) is 0 Å². The minimum absolute atomic E-state index is 0.248. The highest BCUT2D eigenvalue weighted by Gasteiger charge is 2.19. The zero-order chi connectivity index (χ0) is 17.7. The van der Waals surface area contributed by atoms with Crippen LogP contribution in [0.1, 0.15) is 5.56 Å². The van der Waals surface area contributed by atoms with Crippen molar-refractivity contribution < 1.29 is 14.3 Å². The van der Waals surface area contributed by atoms with Crippen LogP contribution in [-0.2, 0) is 0 Å². The average molecular weight is 338 g/mol. The third-order valence-electron chi connectivity index (χ3n) is 4.31. The molecule has 2 N–H and O–H groups in total. The van der Waals surface area contributed by atoms with E-state index < -0.39 is 6.10 Å². The van der Waals surface area contributed by atoms with Gasteiger partial charge < -0.3 is 20.2 Å². The van der Waals surface area contributed by atoms with Crippen LogP contribution in [0.5, 0.6) is 0 Å². The van der Waals surface area contributed by atoms with Crippen LogP contribution in [0, 0.1) is 12.7 Å². The van der Waals surface area contributed by atoms with Crippen LogP contribution in [0.2, 0.25) is 0 Å². The van der Waals surface area contributed by atoms with Crippen LogP contribution in [0.4, 0.5) is 14.9 Å². The fourth-order valence-electron chi connectivity index (χ4n) is 2.73. The Kier molecular flexibility index (Phi) is 6.53. The summed E-state index contributed by atoms with van der Waals surface area (Å²) in [7, 11) is 3.72. The Morgan fingerprint density at radius 3 is 2.67 bits per heavy atom. The molecule has 2 amide bonds. The molecule has 0 saturated carbocycles. The van der Waals surface area contributed by atoms with Crippen LogP contribution in [0.3, 0.4) is 0 Å². The minimum atomic E-state index is -0.598. The van der Waals surface area contributed by atoms with Crippen molar-refractivity contribution >= 4 is 11.7 Å². The van der Waals surface area contributed by atoms with Crippen molar-refractivity contribution in [2.75, 3.05) is 58.7 Å². The van der Waals surface area contributed by atoms with E-state index in [0.29, 0.717) is 17.8 Å². The highest BCUT2D eigenvalue weighted by Crippen LogP contribution is 2.14. The number of nitrogens with zero attached hydrogens (tertiary/aromatic N) is 3. The fourth-order valence-corrected chi connectivity index (χ4v) is 2.73. The van der Waals surface area contributed by atoms with Crippen LogP contribution >= 0.6 is 0 Å². The lowest BCUT2D eigenvalue weighted by atomic mass is 10.2. The van der Waals surface area contributed by atoms with Crippen molar-refractivity contribution in [2.24, 2.45) is 0 Å². The van der Waals surface area contributed by atoms with Gasteiger partial charge in [-0.15, -0.1) is 0 Å². The number of anilines is 1. The van der Waals surface area contributed by atoms with E-state index in [1.54, 1.807) is 20.0 Å². The smallest absolute Gasteiger partial charge is 0.321 e. The highest BCUT2D eigenvalue weighted by atomic mass is 19.1. The number of β-amino-alcohol motifs (C(OH)–C–C–N with tert-alkyl or cyclic N) is 1. The zero-order valence-electron chi connectivity index (χ0n) is 14.6. The molecule has 0 aliphatic carbocycles. The summed E-state index contributed by atoms with van der Waals surface area (Å²) in [5.74, 6) is -0.302. The second kappa shape index (κ2) is 8.41. The van der Waals surface area contributed by atoms with Gasteiger partial charge >= 0.3 is 6.03 Å². The van der Waals surface area contributed by atoms with Gasteiger partial charge in [-0.3, -0.25) is 4.90 Å². The molecule has 6 nitrogen and oxygen atoms in total. The number of amides is 2. The maximum atomic E-state index is 13.2. The zero-order valence-corrected chi connectivity index (χ0v) is 14.6. The van der Waals surface area contributed by atoms with E-state index in [0.717, 1.165) is 26.2 Å². The number of hydrogen-bond acceptors (Lipinski definition) is 4. The molecule has 24 heavy (non-hydrogen) atoms. The van der Waals surface area contributed by atoms with E-state index in [1.807, 2.05) is 0 Å². The lowest BCUT2D eigenvalue weighted by molar-refractivity contribution is 0.0670. The fraction of sp³-hybridized carbons (Fsp3) is 0.588. The maximum absolute atomic E-state index is 13.2. The Hall–Kier alpha value is -1.70. The second-order valence-corrected chi connectivity index (χ2v) is 6.53. The molecule has 0 bridgehead atoms. The third kappa shape index (κ3) is 5.43. The van der Waals surface area contributed by atoms with E-state index in [4.69, 9.17) is 0 Å². The maximum Gasteiger partial charge on any atom is 0.321 e. The molecule has 1 heterocycles. The molecule has 0 spiro atoms. The Bertz CT molecular complexity index is 562. The molecule has 0 radical (unpaired) electrons. The Balaban J connectivity index is 1.78. The monoisotopic (exact) mass is 338 g/mol. The normalized spacial score (nSPS) is 17.5. The number of likely N-dealkylation sites (N-methyl/N-ethyl adjacent to an activating group) is 2. The summed E-state index contributed by atoms with van der Waals surface area (Å²) < 4.78 is 13.2. The van der Waals surface area contributed by atoms with E-state index in [1.165, 1.54) is 17.0 Å². The quantitative estimate of drug-likeness (QED) is 0.847. The highest BCUT2D eigenvalue weighted by molar-refractivity contribution is 5.89. The number of piperazine rings is 1. The molecule has 2 rings (SSSR count). The number of aryl methyl sites for hydroxylation is 1. The molecule has 1 aliphatic heterocycles. The number of aliphatic hydroxyl groups is 1. The number of nitrogens with one attached hydrogen (secondary N) is 1. The SMILES string of the molecule is Cc1cc(NC(=O)N(C)C[C@H](O)CN2CCN(C)CC2)ccc1F. The van der Waals surface area contributed by atoms with Crippen molar-refractivity contribution in [1.29, 1.82) is 0 Å². The molecular formula is C17H27FN4O2. The second-order valence-electron chi connectivity index (χ2n) is 6.53. The standard InChI is InChI=1S/C17H27FN4O2/c1-13-10-14(4-5-16(13)18)19-17(24)21(3)11-15(23)12-22-8-6-20(2)7-9-22/h4-5,10,15,23H,6-9,11-12H2,1-3H3,(H,19,24)/t15-/m0/s1. The lowest BCUT2D eigenvalue weighted by Crippen LogP contribution is -2.49. The van der Waals surface area contributed by atoms with Gasteiger partial charge in [0, 0.05) is 52.0 Å². The van der Waals surface area contributed by atoms with Crippen molar-refractivity contribution in [2.45, 2.75) is 13.0 Å². The summed E-state index contributed by atoms with van der Waals surface area (Å²) in [6, 6.07) is 4.11. The number of carbonyl (C=O) groups excluding carboxylic acids is 1. The largest absolute Gasteiger partial charge is 0.390 e. The number of aliphatic hydroxyl groups excluding tert-OH is 1. The number of carbonyl (C=O) groups is 1. The topological polar surface area (TPSA) is 59.1 Å². The first-order valence-electron chi connectivity index (χ1n) is 8.22. The van der Waals surface area contributed by atoms with Gasteiger partial charge in [0.05, 0.1) is 6.10 Å². The molecule has 134 valence electrons. The van der Waals surface area contributed by atoms with Crippen LogP contribution in [-0.4, -0.2) is 85.3 Å².